The van der Waals surface area contributed by atoms with Gasteiger partial charge in [0, 0.05) is 12.7 Å². The van der Waals surface area contributed by atoms with Gasteiger partial charge in [0.25, 0.3) is 5.89 Å². The molecule has 0 spiro atoms. The summed E-state index contributed by atoms with van der Waals surface area (Å²) in [5.74, 6) is 2.07. The lowest BCUT2D eigenvalue weighted by Crippen LogP contribution is -1.99. The Labute approximate surface area is 124 Å². The number of nitrogens with zero attached hydrogens (tertiary/aromatic N) is 2. The number of hydrogen-bond donors (Lipinski definition) is 0. The molecule has 114 valence electrons. The van der Waals surface area contributed by atoms with E-state index >= 15 is 0 Å². The van der Waals surface area contributed by atoms with E-state index in [1.807, 2.05) is 0 Å². The molecular formula is C14H18N2O4S. The second-order valence-electron chi connectivity index (χ2n) is 5.23. The molecule has 1 aromatic carbocycles. The second kappa shape index (κ2) is 6.26. The van der Waals surface area contributed by atoms with Crippen LogP contribution in [0.25, 0.3) is 0 Å². The first-order chi connectivity index (χ1) is 9.84. The molecule has 0 unspecified atom stereocenters. The van der Waals surface area contributed by atoms with E-state index in [4.69, 9.17) is 9.26 Å². The van der Waals surface area contributed by atoms with Crippen LogP contribution in [0.5, 0.6) is 5.75 Å². The average molecular weight is 310 g/mol. The summed E-state index contributed by atoms with van der Waals surface area (Å²) in [6.45, 7) is 4.31. The molecule has 2 rings (SSSR count). The number of hydrogen-bond acceptors (Lipinski definition) is 6. The maximum absolute atomic E-state index is 11.3. The highest BCUT2D eigenvalue weighted by molar-refractivity contribution is 7.90. The summed E-state index contributed by atoms with van der Waals surface area (Å²) >= 11 is 0. The topological polar surface area (TPSA) is 82.3 Å². The largest absolute Gasteiger partial charge is 0.484 e. The quantitative estimate of drug-likeness (QED) is 0.814. The van der Waals surface area contributed by atoms with Gasteiger partial charge in [-0.05, 0) is 30.2 Å². The van der Waals surface area contributed by atoms with Gasteiger partial charge in [0.2, 0.25) is 0 Å². The van der Waals surface area contributed by atoms with Crippen molar-refractivity contribution in [3.63, 3.8) is 0 Å². The number of rotatable bonds is 6. The van der Waals surface area contributed by atoms with Crippen LogP contribution in [-0.4, -0.2) is 24.8 Å². The van der Waals surface area contributed by atoms with Crippen LogP contribution < -0.4 is 4.74 Å². The summed E-state index contributed by atoms with van der Waals surface area (Å²) in [6, 6.07) is 6.20. The van der Waals surface area contributed by atoms with Crippen molar-refractivity contribution in [2.45, 2.75) is 31.8 Å². The Morgan fingerprint density at radius 1 is 1.24 bits per heavy atom. The third-order valence-electron chi connectivity index (χ3n) is 2.72. The third-order valence-corrected chi connectivity index (χ3v) is 3.84. The maximum Gasteiger partial charge on any atom is 0.264 e. The van der Waals surface area contributed by atoms with E-state index in [-0.39, 0.29) is 11.5 Å². The van der Waals surface area contributed by atoms with Crippen molar-refractivity contribution < 1.29 is 17.7 Å². The molecule has 0 aliphatic heterocycles. The Morgan fingerprint density at radius 3 is 2.48 bits per heavy atom. The molecule has 7 heteroatoms. The van der Waals surface area contributed by atoms with Gasteiger partial charge in [-0.2, -0.15) is 4.98 Å². The van der Waals surface area contributed by atoms with Gasteiger partial charge in [-0.3, -0.25) is 0 Å². The summed E-state index contributed by atoms with van der Waals surface area (Å²) < 4.78 is 33.3. The lowest BCUT2D eigenvalue weighted by atomic mass is 10.1. The van der Waals surface area contributed by atoms with Crippen LogP contribution in [0, 0.1) is 5.92 Å². The van der Waals surface area contributed by atoms with Crippen LogP contribution in [0.3, 0.4) is 0 Å². The van der Waals surface area contributed by atoms with Gasteiger partial charge in [0.1, 0.15) is 5.75 Å². The molecule has 0 aliphatic rings. The minimum absolute atomic E-state index is 0.156. The third kappa shape index (κ3) is 4.56. The summed E-state index contributed by atoms with van der Waals surface area (Å²) in [7, 11) is -3.19. The molecule has 0 saturated carbocycles. The van der Waals surface area contributed by atoms with Gasteiger partial charge >= 0.3 is 0 Å². The van der Waals surface area contributed by atoms with Crippen LogP contribution in [-0.2, 0) is 22.9 Å². The van der Waals surface area contributed by atoms with Crippen molar-refractivity contribution in [1.82, 2.24) is 10.1 Å². The van der Waals surface area contributed by atoms with E-state index in [1.165, 1.54) is 12.1 Å². The van der Waals surface area contributed by atoms with E-state index in [1.54, 1.807) is 12.1 Å². The minimum atomic E-state index is -3.19. The number of sulfone groups is 1. The van der Waals surface area contributed by atoms with Gasteiger partial charge in [-0.15, -0.1) is 0 Å². The molecule has 2 aromatic rings. The van der Waals surface area contributed by atoms with E-state index in [2.05, 4.69) is 24.0 Å². The molecule has 1 aromatic heterocycles. The highest BCUT2D eigenvalue weighted by atomic mass is 32.2. The lowest BCUT2D eigenvalue weighted by molar-refractivity contribution is 0.242. The highest BCUT2D eigenvalue weighted by Crippen LogP contribution is 2.17. The van der Waals surface area contributed by atoms with E-state index in [0.29, 0.717) is 23.4 Å². The standard InChI is InChI=1S/C14H18N2O4S/c1-10(2)8-13-15-14(20-16-13)9-19-11-4-6-12(7-5-11)21(3,17)18/h4-7,10H,8-9H2,1-3H3. The molecule has 0 saturated heterocycles. The fraction of sp³-hybridized carbons (Fsp3) is 0.429. The van der Waals surface area contributed by atoms with Crippen molar-refractivity contribution in [3.8, 4) is 5.75 Å². The fourth-order valence-electron chi connectivity index (χ4n) is 1.72. The van der Waals surface area contributed by atoms with Crippen LogP contribution in [0.4, 0.5) is 0 Å². The Morgan fingerprint density at radius 2 is 1.90 bits per heavy atom. The number of benzene rings is 1. The summed E-state index contributed by atoms with van der Waals surface area (Å²) in [5.41, 5.74) is 0. The van der Waals surface area contributed by atoms with Gasteiger partial charge in [0.15, 0.2) is 22.3 Å². The van der Waals surface area contributed by atoms with E-state index < -0.39 is 9.84 Å². The van der Waals surface area contributed by atoms with Crippen LogP contribution in [0.1, 0.15) is 25.6 Å². The fourth-order valence-corrected chi connectivity index (χ4v) is 2.36. The van der Waals surface area contributed by atoms with Crippen molar-refractivity contribution in [1.29, 1.82) is 0 Å². The Bertz CT molecular complexity index is 690. The Hall–Kier alpha value is -1.89. The molecule has 0 amide bonds. The predicted octanol–water partition coefficient (Wildman–Crippen LogP) is 2.25. The van der Waals surface area contributed by atoms with Crippen LogP contribution >= 0.6 is 0 Å². The van der Waals surface area contributed by atoms with Gasteiger partial charge in [0.05, 0.1) is 4.90 Å². The van der Waals surface area contributed by atoms with Crippen LogP contribution in [0.15, 0.2) is 33.7 Å². The van der Waals surface area contributed by atoms with Gasteiger partial charge in [-0.1, -0.05) is 19.0 Å². The Kier molecular flexibility index (Phi) is 4.62. The zero-order chi connectivity index (χ0) is 15.5. The molecule has 0 fully saturated rings. The average Bonchev–Trinajstić information content (AvgIpc) is 2.82. The predicted molar refractivity (Wildman–Crippen MR) is 76.7 cm³/mol. The van der Waals surface area contributed by atoms with Crippen molar-refractivity contribution in [3.05, 3.63) is 36.0 Å². The highest BCUT2D eigenvalue weighted by Gasteiger charge is 2.10. The number of aromatic nitrogens is 2. The lowest BCUT2D eigenvalue weighted by Gasteiger charge is -2.04. The zero-order valence-electron chi connectivity index (χ0n) is 12.2. The summed E-state index contributed by atoms with van der Waals surface area (Å²) in [6.07, 6.45) is 1.92. The molecule has 0 N–H and O–H groups in total. The second-order valence-corrected chi connectivity index (χ2v) is 7.25. The molecule has 0 bridgehead atoms. The van der Waals surface area contributed by atoms with Crippen molar-refractivity contribution in [2.24, 2.45) is 5.92 Å². The van der Waals surface area contributed by atoms with Crippen molar-refractivity contribution >= 4 is 9.84 Å². The molecule has 21 heavy (non-hydrogen) atoms. The maximum atomic E-state index is 11.3. The molecule has 0 radical (unpaired) electrons. The van der Waals surface area contributed by atoms with Crippen LogP contribution in [0.2, 0.25) is 0 Å². The first kappa shape index (κ1) is 15.5. The first-order valence-corrected chi connectivity index (χ1v) is 8.48. The Balaban J connectivity index is 1.95. The van der Waals surface area contributed by atoms with Gasteiger partial charge < -0.3 is 9.26 Å². The van der Waals surface area contributed by atoms with Crippen molar-refractivity contribution in [2.75, 3.05) is 6.26 Å². The number of ether oxygens (including phenoxy) is 1. The molecule has 6 nitrogen and oxygen atoms in total. The molecular weight excluding hydrogens is 292 g/mol. The molecule has 1 heterocycles. The molecule has 0 aliphatic carbocycles. The SMILES string of the molecule is CC(C)Cc1noc(COc2ccc(S(C)(=O)=O)cc2)n1. The monoisotopic (exact) mass is 310 g/mol. The molecule has 0 atom stereocenters. The zero-order valence-corrected chi connectivity index (χ0v) is 13.1. The summed E-state index contributed by atoms with van der Waals surface area (Å²) in [5, 5.41) is 3.87. The smallest absolute Gasteiger partial charge is 0.264 e. The van der Waals surface area contributed by atoms with E-state index in [0.717, 1.165) is 12.7 Å². The first-order valence-electron chi connectivity index (χ1n) is 6.59. The minimum Gasteiger partial charge on any atom is -0.484 e. The van der Waals surface area contributed by atoms with E-state index in [9.17, 15) is 8.42 Å². The summed E-state index contributed by atoms with van der Waals surface area (Å²) in [4.78, 5) is 4.48. The van der Waals surface area contributed by atoms with Gasteiger partial charge in [-0.25, -0.2) is 8.42 Å². The normalized spacial score (nSPS) is 11.8.